The third-order valence-electron chi connectivity index (χ3n) is 6.68. The molecule has 0 saturated carbocycles. The molecular formula is C29H27N7O. The van der Waals surface area contributed by atoms with E-state index in [0.29, 0.717) is 28.2 Å². The van der Waals surface area contributed by atoms with Gasteiger partial charge in [-0.05, 0) is 43.4 Å². The highest BCUT2D eigenvalue weighted by molar-refractivity contribution is 5.91. The molecule has 0 spiro atoms. The monoisotopic (exact) mass is 489 g/mol. The number of fused-ring (bicyclic) bond motifs is 1. The molecule has 8 heteroatoms. The Balaban J connectivity index is 1.37. The van der Waals surface area contributed by atoms with Crippen molar-refractivity contribution in [3.63, 3.8) is 0 Å². The second kappa shape index (κ2) is 9.83. The van der Waals surface area contributed by atoms with Crippen LogP contribution in [-0.2, 0) is 0 Å². The van der Waals surface area contributed by atoms with E-state index in [-0.39, 0.29) is 5.56 Å². The number of para-hydroxylation sites is 1. The predicted molar refractivity (Wildman–Crippen MR) is 148 cm³/mol. The van der Waals surface area contributed by atoms with Gasteiger partial charge in [-0.3, -0.25) is 4.79 Å². The molecule has 0 amide bonds. The molecule has 0 atom stereocenters. The number of nitrogens with one attached hydrogen (secondary N) is 1. The molecule has 184 valence electrons. The summed E-state index contributed by atoms with van der Waals surface area (Å²) in [6.45, 7) is 4.17. The van der Waals surface area contributed by atoms with Gasteiger partial charge in [-0.2, -0.15) is 9.78 Å². The molecule has 1 fully saturated rings. The van der Waals surface area contributed by atoms with Gasteiger partial charge in [0.1, 0.15) is 11.2 Å². The van der Waals surface area contributed by atoms with Crippen molar-refractivity contribution in [3.8, 4) is 16.9 Å². The number of hydrogen-bond donors (Lipinski definition) is 1. The number of likely N-dealkylation sites (N-methyl/N-ethyl adjacent to an activating group) is 1. The Labute approximate surface area is 214 Å². The van der Waals surface area contributed by atoms with Crippen molar-refractivity contribution in [1.29, 1.82) is 0 Å². The summed E-state index contributed by atoms with van der Waals surface area (Å²) >= 11 is 0. The van der Waals surface area contributed by atoms with E-state index in [1.54, 1.807) is 6.20 Å². The van der Waals surface area contributed by atoms with Crippen molar-refractivity contribution >= 4 is 28.2 Å². The summed E-state index contributed by atoms with van der Waals surface area (Å²) in [5.74, 6) is 0.413. The van der Waals surface area contributed by atoms with Crippen LogP contribution >= 0.6 is 0 Å². The van der Waals surface area contributed by atoms with Crippen LogP contribution in [-0.4, -0.2) is 57.9 Å². The molecule has 2 aromatic heterocycles. The largest absolute Gasteiger partial charge is 0.369 e. The van der Waals surface area contributed by atoms with Gasteiger partial charge in [0.25, 0.3) is 5.56 Å². The van der Waals surface area contributed by atoms with Crippen LogP contribution in [0.15, 0.2) is 95.9 Å². The molecule has 1 aliphatic heterocycles. The lowest BCUT2D eigenvalue weighted by atomic mass is 10.1. The van der Waals surface area contributed by atoms with Crippen LogP contribution in [0, 0.1) is 0 Å². The summed E-state index contributed by atoms with van der Waals surface area (Å²) in [6.07, 6.45) is 1.58. The highest BCUT2D eigenvalue weighted by atomic mass is 16.1. The number of benzene rings is 3. The molecule has 1 saturated heterocycles. The average Bonchev–Trinajstić information content (AvgIpc) is 2.95. The summed E-state index contributed by atoms with van der Waals surface area (Å²) in [4.78, 5) is 27.3. The van der Waals surface area contributed by atoms with E-state index in [2.05, 4.69) is 39.3 Å². The topological polar surface area (TPSA) is 79.2 Å². The fraction of sp³-hybridized carbons (Fsp3) is 0.172. The maximum absolute atomic E-state index is 13.4. The molecule has 0 aliphatic carbocycles. The van der Waals surface area contributed by atoms with Crippen molar-refractivity contribution in [1.82, 2.24) is 24.6 Å². The average molecular weight is 490 g/mol. The fourth-order valence-electron chi connectivity index (χ4n) is 4.57. The minimum atomic E-state index is -0.260. The molecule has 0 radical (unpaired) electrons. The van der Waals surface area contributed by atoms with Crippen molar-refractivity contribution in [2.45, 2.75) is 0 Å². The normalized spacial score (nSPS) is 14.1. The first-order chi connectivity index (χ1) is 18.2. The lowest BCUT2D eigenvalue weighted by Crippen LogP contribution is -2.44. The molecule has 37 heavy (non-hydrogen) atoms. The molecule has 5 aromatic rings. The summed E-state index contributed by atoms with van der Waals surface area (Å²) in [5.41, 5.74) is 4.51. The predicted octanol–water partition coefficient (Wildman–Crippen LogP) is 4.34. The Morgan fingerprint density at radius 2 is 1.46 bits per heavy atom. The minimum Gasteiger partial charge on any atom is -0.369 e. The molecular weight excluding hydrogens is 462 g/mol. The minimum absolute atomic E-state index is 0.260. The van der Waals surface area contributed by atoms with Crippen LogP contribution in [0.25, 0.3) is 27.8 Å². The van der Waals surface area contributed by atoms with E-state index < -0.39 is 0 Å². The molecule has 3 aromatic carbocycles. The molecule has 0 bridgehead atoms. The Morgan fingerprint density at radius 1 is 0.784 bits per heavy atom. The number of hydrogen-bond acceptors (Lipinski definition) is 7. The fourth-order valence-corrected chi connectivity index (χ4v) is 4.57. The molecule has 8 nitrogen and oxygen atoms in total. The first-order valence-corrected chi connectivity index (χ1v) is 12.4. The quantitative estimate of drug-likeness (QED) is 0.393. The molecule has 0 unspecified atom stereocenters. The van der Waals surface area contributed by atoms with Crippen molar-refractivity contribution < 1.29 is 0 Å². The number of nitrogens with zero attached hydrogens (tertiary/aromatic N) is 6. The van der Waals surface area contributed by atoms with Crippen LogP contribution < -0.4 is 15.8 Å². The molecule has 3 heterocycles. The number of rotatable bonds is 5. The van der Waals surface area contributed by atoms with E-state index >= 15 is 0 Å². The van der Waals surface area contributed by atoms with Crippen LogP contribution in [0.3, 0.4) is 0 Å². The van der Waals surface area contributed by atoms with E-state index in [1.807, 2.05) is 72.8 Å². The first-order valence-electron chi connectivity index (χ1n) is 12.4. The van der Waals surface area contributed by atoms with Crippen molar-refractivity contribution in [3.05, 3.63) is 101 Å². The van der Waals surface area contributed by atoms with Gasteiger partial charge in [0.2, 0.25) is 5.95 Å². The van der Waals surface area contributed by atoms with Gasteiger partial charge < -0.3 is 15.1 Å². The van der Waals surface area contributed by atoms with Gasteiger partial charge in [0, 0.05) is 49.3 Å². The van der Waals surface area contributed by atoms with E-state index in [1.165, 1.54) is 10.4 Å². The third kappa shape index (κ3) is 4.66. The van der Waals surface area contributed by atoms with Crippen LogP contribution in [0.4, 0.5) is 17.3 Å². The molecule has 6 rings (SSSR count). The van der Waals surface area contributed by atoms with Gasteiger partial charge in [-0.25, -0.2) is 9.97 Å². The van der Waals surface area contributed by atoms with Crippen LogP contribution in [0.1, 0.15) is 0 Å². The van der Waals surface area contributed by atoms with Gasteiger partial charge in [0.05, 0.1) is 11.1 Å². The Hall–Kier alpha value is -4.56. The van der Waals surface area contributed by atoms with Crippen molar-refractivity contribution in [2.75, 3.05) is 43.4 Å². The summed E-state index contributed by atoms with van der Waals surface area (Å²) in [5, 5.41) is 8.44. The van der Waals surface area contributed by atoms with Crippen LogP contribution in [0.5, 0.6) is 0 Å². The van der Waals surface area contributed by atoms with Gasteiger partial charge >= 0.3 is 0 Å². The lowest BCUT2D eigenvalue weighted by molar-refractivity contribution is 0.313. The summed E-state index contributed by atoms with van der Waals surface area (Å²) in [7, 11) is 2.16. The molecule has 1 aliphatic rings. The number of anilines is 3. The first kappa shape index (κ1) is 22.9. The van der Waals surface area contributed by atoms with Gasteiger partial charge in [-0.15, -0.1) is 0 Å². The number of piperazine rings is 1. The van der Waals surface area contributed by atoms with E-state index in [9.17, 15) is 4.79 Å². The SMILES string of the molecule is CN1CCN(c2ccc(Nc3ncc4c(=O)n(-c5ccccc5)nc(-c5ccccc5)c4n3)cc2)CC1. The van der Waals surface area contributed by atoms with Crippen LogP contribution in [0.2, 0.25) is 0 Å². The smallest absolute Gasteiger partial charge is 0.282 e. The zero-order valence-electron chi connectivity index (χ0n) is 20.6. The second-order valence-electron chi connectivity index (χ2n) is 9.19. The second-order valence-corrected chi connectivity index (χ2v) is 9.19. The van der Waals surface area contributed by atoms with E-state index in [4.69, 9.17) is 10.1 Å². The standard InChI is InChI=1S/C29H27N7O/c1-34-16-18-35(19-17-34)23-14-12-22(13-15-23)31-29-30-20-25-27(32-29)26(21-8-4-2-5-9-21)33-36(28(25)37)24-10-6-3-7-11-24/h2-15,20H,16-19H2,1H3,(H,30,31,32). The third-order valence-corrected chi connectivity index (χ3v) is 6.68. The highest BCUT2D eigenvalue weighted by Gasteiger charge is 2.17. The number of aromatic nitrogens is 4. The van der Waals surface area contributed by atoms with E-state index in [0.717, 1.165) is 37.4 Å². The van der Waals surface area contributed by atoms with Gasteiger partial charge in [-0.1, -0.05) is 48.5 Å². The maximum atomic E-state index is 13.4. The Kier molecular flexibility index (Phi) is 6.08. The summed E-state index contributed by atoms with van der Waals surface area (Å²) < 4.78 is 1.41. The van der Waals surface area contributed by atoms with Crippen molar-refractivity contribution in [2.24, 2.45) is 0 Å². The lowest BCUT2D eigenvalue weighted by Gasteiger charge is -2.34. The zero-order valence-corrected chi connectivity index (χ0v) is 20.6. The molecule has 1 N–H and O–H groups in total. The maximum Gasteiger partial charge on any atom is 0.282 e. The highest BCUT2D eigenvalue weighted by Crippen LogP contribution is 2.26. The Bertz CT molecular complexity index is 1580. The Morgan fingerprint density at radius 3 is 2.16 bits per heavy atom. The zero-order chi connectivity index (χ0) is 25.2. The van der Waals surface area contributed by atoms with Gasteiger partial charge in [0.15, 0.2) is 0 Å². The summed E-state index contributed by atoms with van der Waals surface area (Å²) in [6, 6.07) is 27.5.